The zero-order valence-corrected chi connectivity index (χ0v) is 16.2. The zero-order valence-electron chi connectivity index (χ0n) is 15.4. The molecular weight excluding hydrogens is 346 g/mol. The first-order chi connectivity index (χ1) is 12.8. The van der Waals surface area contributed by atoms with E-state index in [9.17, 15) is 0 Å². The fraction of sp³-hybridized carbons (Fsp3) is 0.632. The van der Waals surface area contributed by atoms with E-state index in [1.807, 2.05) is 12.4 Å². The predicted octanol–water partition coefficient (Wildman–Crippen LogP) is 2.86. The van der Waals surface area contributed by atoms with Gasteiger partial charge in [-0.05, 0) is 56.5 Å². The summed E-state index contributed by atoms with van der Waals surface area (Å²) in [5.41, 5.74) is 1.34. The van der Waals surface area contributed by atoms with Gasteiger partial charge in [-0.2, -0.15) is 0 Å². The molecule has 0 N–H and O–H groups in total. The van der Waals surface area contributed by atoms with Crippen molar-refractivity contribution in [1.29, 1.82) is 0 Å². The highest BCUT2D eigenvalue weighted by atomic mass is 32.2. The molecule has 0 radical (unpaired) electrons. The number of ether oxygens (including phenoxy) is 1. The Bertz CT molecular complexity index is 693. The van der Waals surface area contributed by atoms with E-state index in [4.69, 9.17) is 4.74 Å². The molecule has 0 unspecified atom stereocenters. The van der Waals surface area contributed by atoms with Gasteiger partial charge in [0.1, 0.15) is 5.82 Å². The van der Waals surface area contributed by atoms with Crippen molar-refractivity contribution < 1.29 is 4.74 Å². The van der Waals surface area contributed by atoms with Crippen LogP contribution in [-0.4, -0.2) is 56.2 Å². The maximum Gasteiger partial charge on any atom is 0.191 e. The van der Waals surface area contributed by atoms with E-state index in [1.54, 1.807) is 11.8 Å². The van der Waals surface area contributed by atoms with E-state index in [0.717, 1.165) is 55.8 Å². The maximum atomic E-state index is 5.71. The van der Waals surface area contributed by atoms with Crippen molar-refractivity contribution >= 4 is 11.8 Å². The average molecular weight is 374 g/mol. The number of likely N-dealkylation sites (tertiary alicyclic amines) is 1. The number of piperidine rings is 1. The molecule has 0 aliphatic carbocycles. The van der Waals surface area contributed by atoms with Crippen molar-refractivity contribution in [3.63, 3.8) is 0 Å². The Balaban J connectivity index is 1.30. The summed E-state index contributed by atoms with van der Waals surface area (Å²) in [6.45, 7) is 4.14. The lowest BCUT2D eigenvalue weighted by Crippen LogP contribution is -2.33. The molecular formula is C19H27N5OS. The van der Waals surface area contributed by atoms with Gasteiger partial charge >= 0.3 is 0 Å². The van der Waals surface area contributed by atoms with Gasteiger partial charge < -0.3 is 9.30 Å². The molecule has 0 bridgehead atoms. The second-order valence-electron chi connectivity index (χ2n) is 7.25. The minimum atomic E-state index is 0.386. The van der Waals surface area contributed by atoms with E-state index >= 15 is 0 Å². The van der Waals surface area contributed by atoms with Gasteiger partial charge in [-0.1, -0.05) is 11.8 Å². The summed E-state index contributed by atoms with van der Waals surface area (Å²) in [6.07, 6.45) is 8.79. The van der Waals surface area contributed by atoms with Gasteiger partial charge in [0.25, 0.3) is 0 Å². The maximum absolute atomic E-state index is 5.71. The molecule has 4 heterocycles. The van der Waals surface area contributed by atoms with Crippen LogP contribution in [0.3, 0.4) is 0 Å². The Labute approximate surface area is 159 Å². The molecule has 2 aliphatic heterocycles. The van der Waals surface area contributed by atoms with E-state index in [-0.39, 0.29) is 0 Å². The van der Waals surface area contributed by atoms with Crippen LogP contribution >= 0.6 is 11.8 Å². The average Bonchev–Trinajstić information content (AvgIpc) is 3.31. The van der Waals surface area contributed by atoms with E-state index in [0.29, 0.717) is 12.0 Å². The molecule has 7 heteroatoms. The fourth-order valence-corrected chi connectivity index (χ4v) is 4.83. The first kappa shape index (κ1) is 17.9. The largest absolute Gasteiger partial charge is 0.377 e. The Kier molecular flexibility index (Phi) is 5.87. The topological polar surface area (TPSA) is 56.1 Å². The number of nitrogens with zero attached hydrogens (tertiary/aromatic N) is 5. The molecule has 26 heavy (non-hydrogen) atoms. The number of rotatable bonds is 6. The van der Waals surface area contributed by atoms with Crippen LogP contribution in [0.1, 0.15) is 43.0 Å². The number of aromatic nitrogens is 4. The summed E-state index contributed by atoms with van der Waals surface area (Å²) in [4.78, 5) is 6.62. The summed E-state index contributed by atoms with van der Waals surface area (Å²) >= 11 is 1.78. The minimum Gasteiger partial charge on any atom is -0.377 e. The van der Waals surface area contributed by atoms with Gasteiger partial charge in [-0.25, -0.2) is 0 Å². The van der Waals surface area contributed by atoms with Crippen LogP contribution in [0.4, 0.5) is 0 Å². The highest BCUT2D eigenvalue weighted by Crippen LogP contribution is 2.30. The van der Waals surface area contributed by atoms with Crippen LogP contribution in [0.25, 0.3) is 0 Å². The SMILES string of the molecule is Cn1c(SC[C@@H]2CCCO2)nnc1C1CCN(Cc2ccncc2)CC1. The first-order valence-corrected chi connectivity index (χ1v) is 10.5. The molecule has 4 rings (SSSR count). The lowest BCUT2D eigenvalue weighted by atomic mass is 9.95. The molecule has 6 nitrogen and oxygen atoms in total. The molecule has 2 aromatic rings. The summed E-state index contributed by atoms with van der Waals surface area (Å²) in [6, 6.07) is 4.21. The summed E-state index contributed by atoms with van der Waals surface area (Å²) in [5.74, 6) is 2.64. The standard InChI is InChI=1S/C19H27N5OS/c1-23-18(21-22-19(23)26-14-17-3-2-12-25-17)16-6-10-24(11-7-16)13-15-4-8-20-9-5-15/h4-5,8-9,16-17H,2-3,6-7,10-14H2,1H3/t17-/m0/s1. The van der Waals surface area contributed by atoms with Gasteiger partial charge in [0.15, 0.2) is 5.16 Å². The van der Waals surface area contributed by atoms with Gasteiger partial charge in [-0.15, -0.1) is 10.2 Å². The smallest absolute Gasteiger partial charge is 0.191 e. The van der Waals surface area contributed by atoms with Crippen molar-refractivity contribution in [3.05, 3.63) is 35.9 Å². The third-order valence-corrected chi connectivity index (χ3v) is 6.55. The number of pyridine rings is 1. The predicted molar refractivity (Wildman–Crippen MR) is 102 cm³/mol. The minimum absolute atomic E-state index is 0.386. The molecule has 2 fully saturated rings. The Hall–Kier alpha value is -1.44. The second kappa shape index (κ2) is 8.50. The van der Waals surface area contributed by atoms with E-state index in [1.165, 1.54) is 18.4 Å². The fourth-order valence-electron chi connectivity index (χ4n) is 3.85. The Morgan fingerprint density at radius 1 is 1.15 bits per heavy atom. The molecule has 2 aromatic heterocycles. The third kappa shape index (κ3) is 4.27. The Morgan fingerprint density at radius 2 is 1.96 bits per heavy atom. The van der Waals surface area contributed by atoms with Crippen LogP contribution in [0.2, 0.25) is 0 Å². The lowest BCUT2D eigenvalue weighted by Gasteiger charge is -2.31. The molecule has 2 saturated heterocycles. The highest BCUT2D eigenvalue weighted by molar-refractivity contribution is 7.99. The summed E-state index contributed by atoms with van der Waals surface area (Å²) in [7, 11) is 2.11. The van der Waals surface area contributed by atoms with Gasteiger partial charge in [0, 0.05) is 44.3 Å². The van der Waals surface area contributed by atoms with Crippen LogP contribution in [-0.2, 0) is 18.3 Å². The van der Waals surface area contributed by atoms with Crippen LogP contribution in [0.15, 0.2) is 29.7 Å². The van der Waals surface area contributed by atoms with Gasteiger partial charge in [0.2, 0.25) is 0 Å². The molecule has 0 spiro atoms. The molecule has 2 aliphatic rings. The van der Waals surface area contributed by atoms with Gasteiger partial charge in [0.05, 0.1) is 6.10 Å². The normalized spacial score (nSPS) is 22.1. The second-order valence-corrected chi connectivity index (χ2v) is 8.24. The van der Waals surface area contributed by atoms with Gasteiger partial charge in [-0.3, -0.25) is 9.88 Å². The van der Waals surface area contributed by atoms with E-state index < -0.39 is 0 Å². The van der Waals surface area contributed by atoms with Crippen molar-refractivity contribution in [2.75, 3.05) is 25.4 Å². The van der Waals surface area contributed by atoms with Crippen molar-refractivity contribution in [1.82, 2.24) is 24.6 Å². The van der Waals surface area contributed by atoms with Crippen LogP contribution in [0.5, 0.6) is 0 Å². The van der Waals surface area contributed by atoms with Crippen LogP contribution < -0.4 is 0 Å². The number of thioether (sulfide) groups is 1. The molecule has 140 valence electrons. The third-order valence-electron chi connectivity index (χ3n) is 5.40. The summed E-state index contributed by atoms with van der Waals surface area (Å²) < 4.78 is 7.91. The van der Waals surface area contributed by atoms with E-state index in [2.05, 4.69) is 43.8 Å². The molecule has 0 saturated carbocycles. The molecule has 0 amide bonds. The van der Waals surface area contributed by atoms with Crippen molar-refractivity contribution in [3.8, 4) is 0 Å². The van der Waals surface area contributed by atoms with Crippen molar-refractivity contribution in [2.24, 2.45) is 7.05 Å². The zero-order chi connectivity index (χ0) is 17.8. The highest BCUT2D eigenvalue weighted by Gasteiger charge is 2.26. The summed E-state index contributed by atoms with van der Waals surface area (Å²) in [5, 5.41) is 9.98. The molecule has 1 atom stereocenters. The first-order valence-electron chi connectivity index (χ1n) is 9.54. The number of hydrogen-bond acceptors (Lipinski definition) is 6. The Morgan fingerprint density at radius 3 is 2.69 bits per heavy atom. The lowest BCUT2D eigenvalue weighted by molar-refractivity contribution is 0.129. The molecule has 0 aromatic carbocycles. The van der Waals surface area contributed by atoms with Crippen LogP contribution in [0, 0.1) is 0 Å². The monoisotopic (exact) mass is 373 g/mol. The number of hydrogen-bond donors (Lipinski definition) is 0. The quantitative estimate of drug-likeness (QED) is 0.726. The van der Waals surface area contributed by atoms with Crippen molar-refractivity contribution in [2.45, 2.75) is 49.4 Å².